The molecule has 0 saturated heterocycles. The van der Waals surface area contributed by atoms with Gasteiger partial charge in [-0.05, 0) is 43.0 Å². The number of benzene rings is 1. The van der Waals surface area contributed by atoms with Crippen molar-refractivity contribution in [2.45, 2.75) is 22.1 Å². The van der Waals surface area contributed by atoms with E-state index in [4.69, 9.17) is 0 Å². The van der Waals surface area contributed by atoms with Crippen molar-refractivity contribution < 1.29 is 17.9 Å². The van der Waals surface area contributed by atoms with Crippen LogP contribution in [0, 0.1) is 5.21 Å². The Balaban J connectivity index is 2.12. The Morgan fingerprint density at radius 3 is 2.60 bits per heavy atom. The number of thioether (sulfide) groups is 1. The van der Waals surface area contributed by atoms with E-state index in [0.29, 0.717) is 15.4 Å². The number of hydrogen-bond acceptors (Lipinski definition) is 5. The standard InChI is InChI=1S/C16H19N3O4S2/c1-12(24-15-9-4-5-10-19(15)21)16(20)17-13-7-6-8-14(11-13)25(22,23)18(2)3/h4-12H,1-3H3,(H,17,20)/t12-/m1/s1. The Morgan fingerprint density at radius 2 is 1.96 bits per heavy atom. The highest BCUT2D eigenvalue weighted by atomic mass is 32.2. The predicted molar refractivity (Wildman–Crippen MR) is 96.7 cm³/mol. The minimum absolute atomic E-state index is 0.0936. The van der Waals surface area contributed by atoms with Crippen molar-refractivity contribution in [2.24, 2.45) is 0 Å². The van der Waals surface area contributed by atoms with Crippen LogP contribution in [-0.4, -0.2) is 38.0 Å². The van der Waals surface area contributed by atoms with Gasteiger partial charge < -0.3 is 10.5 Å². The third kappa shape index (κ3) is 4.71. The Kier molecular flexibility index (Phi) is 6.04. The van der Waals surface area contributed by atoms with Crippen LogP contribution >= 0.6 is 11.8 Å². The molecule has 0 aliphatic carbocycles. The minimum atomic E-state index is -3.58. The number of aromatic nitrogens is 1. The van der Waals surface area contributed by atoms with Crippen molar-refractivity contribution in [2.75, 3.05) is 19.4 Å². The first kappa shape index (κ1) is 19.2. The maximum absolute atomic E-state index is 12.3. The zero-order chi connectivity index (χ0) is 18.6. The molecule has 0 radical (unpaired) electrons. The van der Waals surface area contributed by atoms with Gasteiger partial charge in [-0.15, -0.1) is 0 Å². The second-order valence-corrected chi connectivity index (χ2v) is 8.94. The van der Waals surface area contributed by atoms with E-state index in [1.54, 1.807) is 37.3 Å². The fourth-order valence-electron chi connectivity index (χ4n) is 1.93. The number of carbonyl (C=O) groups excluding carboxylic acids is 1. The second kappa shape index (κ2) is 7.85. The first-order valence-corrected chi connectivity index (χ1v) is 9.72. The first-order valence-electron chi connectivity index (χ1n) is 7.40. The lowest BCUT2D eigenvalue weighted by Crippen LogP contribution is -2.30. The molecule has 0 aliphatic heterocycles. The van der Waals surface area contributed by atoms with Gasteiger partial charge in [0.25, 0.3) is 5.03 Å². The molecule has 2 rings (SSSR count). The molecule has 2 aromatic rings. The summed E-state index contributed by atoms with van der Waals surface area (Å²) in [5, 5.41) is 14.2. The minimum Gasteiger partial charge on any atom is -0.618 e. The number of sulfonamides is 1. The summed E-state index contributed by atoms with van der Waals surface area (Å²) < 4.78 is 26.1. The lowest BCUT2D eigenvalue weighted by Gasteiger charge is -2.14. The maximum atomic E-state index is 12.3. The van der Waals surface area contributed by atoms with E-state index in [2.05, 4.69) is 5.32 Å². The van der Waals surface area contributed by atoms with Crippen molar-refractivity contribution in [3.05, 3.63) is 53.9 Å². The van der Waals surface area contributed by atoms with E-state index in [-0.39, 0.29) is 10.8 Å². The Morgan fingerprint density at radius 1 is 1.24 bits per heavy atom. The summed E-state index contributed by atoms with van der Waals surface area (Å²) in [5.41, 5.74) is 0.378. The molecule has 0 unspecified atom stereocenters. The largest absolute Gasteiger partial charge is 0.618 e. The van der Waals surface area contributed by atoms with Crippen LogP contribution in [0.15, 0.2) is 58.6 Å². The van der Waals surface area contributed by atoms with Gasteiger partial charge >= 0.3 is 0 Å². The number of rotatable bonds is 6. The van der Waals surface area contributed by atoms with Crippen molar-refractivity contribution in [3.8, 4) is 0 Å². The molecule has 0 saturated carbocycles. The van der Waals surface area contributed by atoms with Gasteiger partial charge in [0, 0.05) is 31.9 Å². The van der Waals surface area contributed by atoms with Gasteiger partial charge in [0.15, 0.2) is 6.20 Å². The third-order valence-corrected chi connectivity index (χ3v) is 6.27. The predicted octanol–water partition coefficient (Wildman–Crippen LogP) is 1.69. The number of carbonyl (C=O) groups is 1. The van der Waals surface area contributed by atoms with E-state index < -0.39 is 15.3 Å². The van der Waals surface area contributed by atoms with E-state index in [9.17, 15) is 18.4 Å². The summed E-state index contributed by atoms with van der Waals surface area (Å²) >= 11 is 1.12. The van der Waals surface area contributed by atoms with Crippen LogP contribution in [0.1, 0.15) is 6.92 Å². The molecule has 0 spiro atoms. The molecule has 0 bridgehead atoms. The summed E-state index contributed by atoms with van der Waals surface area (Å²) in [4.78, 5) is 12.4. The fraction of sp³-hybridized carbons (Fsp3) is 0.250. The molecule has 0 aliphatic rings. The van der Waals surface area contributed by atoms with E-state index >= 15 is 0 Å². The van der Waals surface area contributed by atoms with Gasteiger partial charge in [-0.3, -0.25) is 4.79 Å². The molecule has 1 atom stereocenters. The van der Waals surface area contributed by atoms with E-state index in [0.717, 1.165) is 16.1 Å². The highest BCUT2D eigenvalue weighted by Crippen LogP contribution is 2.22. The summed E-state index contributed by atoms with van der Waals surface area (Å²) in [6, 6.07) is 11.0. The molecule has 1 heterocycles. The van der Waals surface area contributed by atoms with Gasteiger partial charge in [-0.2, -0.15) is 4.73 Å². The molecule has 9 heteroatoms. The van der Waals surface area contributed by atoms with Gasteiger partial charge in [0.1, 0.15) is 0 Å². The molecule has 1 aromatic heterocycles. The highest BCUT2D eigenvalue weighted by molar-refractivity contribution is 8.00. The summed E-state index contributed by atoms with van der Waals surface area (Å²) in [6.07, 6.45) is 1.36. The van der Waals surface area contributed by atoms with E-state index in [1.807, 2.05) is 0 Å². The Bertz CT molecular complexity index is 869. The zero-order valence-corrected chi connectivity index (χ0v) is 15.7. The lowest BCUT2D eigenvalue weighted by molar-refractivity contribution is -0.645. The van der Waals surface area contributed by atoms with Crippen LogP contribution in [0.4, 0.5) is 5.69 Å². The number of amides is 1. The Labute approximate surface area is 151 Å². The molecular weight excluding hydrogens is 362 g/mol. The second-order valence-electron chi connectivity index (χ2n) is 5.43. The van der Waals surface area contributed by atoms with Crippen LogP contribution in [0.2, 0.25) is 0 Å². The number of nitrogens with zero attached hydrogens (tertiary/aromatic N) is 2. The fourth-order valence-corrected chi connectivity index (χ4v) is 3.73. The summed E-state index contributed by atoms with van der Waals surface area (Å²) in [5.74, 6) is -0.326. The molecule has 1 N–H and O–H groups in total. The van der Waals surface area contributed by atoms with E-state index in [1.165, 1.54) is 32.4 Å². The van der Waals surface area contributed by atoms with Crippen LogP contribution in [-0.2, 0) is 14.8 Å². The average molecular weight is 381 g/mol. The van der Waals surface area contributed by atoms with Crippen LogP contribution in [0.25, 0.3) is 0 Å². The van der Waals surface area contributed by atoms with Crippen LogP contribution < -0.4 is 10.0 Å². The van der Waals surface area contributed by atoms with Gasteiger partial charge in [-0.1, -0.05) is 6.07 Å². The molecule has 1 aromatic carbocycles. The quantitative estimate of drug-likeness (QED) is 0.467. The van der Waals surface area contributed by atoms with Crippen molar-refractivity contribution >= 4 is 33.4 Å². The lowest BCUT2D eigenvalue weighted by atomic mass is 10.3. The number of hydrogen-bond donors (Lipinski definition) is 1. The topological polar surface area (TPSA) is 93.4 Å². The third-order valence-electron chi connectivity index (χ3n) is 3.34. The maximum Gasteiger partial charge on any atom is 0.252 e. The monoisotopic (exact) mass is 381 g/mol. The Hall–Kier alpha value is -2.10. The summed E-state index contributed by atoms with van der Waals surface area (Å²) in [7, 11) is -0.694. The number of nitrogens with one attached hydrogen (secondary N) is 1. The highest BCUT2D eigenvalue weighted by Gasteiger charge is 2.21. The number of anilines is 1. The molecule has 134 valence electrons. The molecule has 1 amide bonds. The summed E-state index contributed by atoms with van der Waals surface area (Å²) in [6.45, 7) is 1.67. The molecule has 0 fully saturated rings. The molecule has 7 nitrogen and oxygen atoms in total. The molecular formula is C16H19N3O4S2. The normalized spacial score (nSPS) is 12.8. The van der Waals surface area contributed by atoms with Crippen LogP contribution in [0.3, 0.4) is 0 Å². The van der Waals surface area contributed by atoms with Crippen molar-refractivity contribution in [1.29, 1.82) is 0 Å². The van der Waals surface area contributed by atoms with Gasteiger partial charge in [-0.25, -0.2) is 12.7 Å². The first-order chi connectivity index (χ1) is 11.7. The van der Waals surface area contributed by atoms with Crippen molar-refractivity contribution in [1.82, 2.24) is 4.31 Å². The zero-order valence-electron chi connectivity index (χ0n) is 14.0. The van der Waals surface area contributed by atoms with Crippen LogP contribution in [0.5, 0.6) is 0 Å². The number of pyridine rings is 1. The van der Waals surface area contributed by atoms with Gasteiger partial charge in [0.2, 0.25) is 15.9 Å². The SMILES string of the molecule is C[C@@H](Sc1cccc[n+]1[O-])C(=O)Nc1cccc(S(=O)(=O)N(C)C)c1. The van der Waals surface area contributed by atoms with Gasteiger partial charge in [0.05, 0.1) is 10.1 Å². The smallest absolute Gasteiger partial charge is 0.252 e. The van der Waals surface area contributed by atoms with Crippen molar-refractivity contribution in [3.63, 3.8) is 0 Å². The molecule has 25 heavy (non-hydrogen) atoms. The average Bonchev–Trinajstić information content (AvgIpc) is 2.57.